The Kier molecular flexibility index (Phi) is 4.65. The van der Waals surface area contributed by atoms with E-state index in [0.717, 1.165) is 0 Å². The van der Waals surface area contributed by atoms with Crippen LogP contribution in [-0.4, -0.2) is 55.1 Å². The lowest BCUT2D eigenvalue weighted by Gasteiger charge is -2.32. The second-order valence-electron chi connectivity index (χ2n) is 4.61. The van der Waals surface area contributed by atoms with Gasteiger partial charge >= 0.3 is 0 Å². The number of benzene rings is 1. The Morgan fingerprint density at radius 3 is 3.10 bits per heavy atom. The lowest BCUT2D eigenvalue weighted by Crippen LogP contribution is -2.48. The molecule has 0 aromatic heterocycles. The predicted molar refractivity (Wildman–Crippen MR) is 72.7 cm³/mol. The van der Waals surface area contributed by atoms with Crippen LogP contribution in [0.1, 0.15) is 10.4 Å². The van der Waals surface area contributed by atoms with E-state index in [4.69, 9.17) is 4.74 Å². The largest absolute Gasteiger partial charge is 0.373 e. The molecule has 1 unspecified atom stereocenters. The predicted octanol–water partition coefficient (Wildman–Crippen LogP) is 0.655. The number of nitrogens with zero attached hydrogens (tertiary/aromatic N) is 2. The molecule has 1 N–H and O–H groups in total. The Morgan fingerprint density at radius 2 is 2.40 bits per heavy atom. The van der Waals surface area contributed by atoms with Crippen molar-refractivity contribution in [3.05, 3.63) is 39.9 Å². The number of hydrogen-bond donors (Lipinski definition) is 1. The Balaban J connectivity index is 2.10. The van der Waals surface area contributed by atoms with Crippen molar-refractivity contribution >= 4 is 11.6 Å². The van der Waals surface area contributed by atoms with Crippen LogP contribution in [0.15, 0.2) is 24.3 Å². The maximum absolute atomic E-state index is 12.4. The van der Waals surface area contributed by atoms with Crippen LogP contribution in [0.25, 0.3) is 0 Å². The van der Waals surface area contributed by atoms with E-state index in [2.05, 4.69) is 5.32 Å². The number of morpholine rings is 1. The van der Waals surface area contributed by atoms with Crippen molar-refractivity contribution in [1.29, 1.82) is 0 Å². The van der Waals surface area contributed by atoms with Gasteiger partial charge in [-0.1, -0.05) is 6.07 Å². The van der Waals surface area contributed by atoms with Crippen LogP contribution in [-0.2, 0) is 4.74 Å². The average molecular weight is 279 g/mol. The number of carbonyl (C=O) groups is 1. The van der Waals surface area contributed by atoms with E-state index in [1.807, 2.05) is 7.05 Å². The zero-order chi connectivity index (χ0) is 14.5. The summed E-state index contributed by atoms with van der Waals surface area (Å²) >= 11 is 0. The highest BCUT2D eigenvalue weighted by Crippen LogP contribution is 2.16. The van der Waals surface area contributed by atoms with Gasteiger partial charge in [-0.2, -0.15) is 0 Å². The number of amides is 1. The van der Waals surface area contributed by atoms with Gasteiger partial charge in [-0.05, 0) is 13.1 Å². The molecule has 0 bridgehead atoms. The average Bonchev–Trinajstić information content (AvgIpc) is 2.47. The van der Waals surface area contributed by atoms with Crippen LogP contribution in [0.3, 0.4) is 0 Å². The number of nitro benzene ring substituents is 1. The molecule has 2 rings (SSSR count). The van der Waals surface area contributed by atoms with Gasteiger partial charge in [0.05, 0.1) is 17.6 Å². The number of rotatable bonds is 4. The summed E-state index contributed by atoms with van der Waals surface area (Å²) in [4.78, 5) is 24.3. The lowest BCUT2D eigenvalue weighted by atomic mass is 10.1. The smallest absolute Gasteiger partial charge is 0.270 e. The number of nitrogens with one attached hydrogen (secondary N) is 1. The molecular weight excluding hydrogens is 262 g/mol. The van der Waals surface area contributed by atoms with Crippen molar-refractivity contribution < 1.29 is 14.5 Å². The summed E-state index contributed by atoms with van der Waals surface area (Å²) < 4.78 is 5.53. The molecule has 108 valence electrons. The van der Waals surface area contributed by atoms with Gasteiger partial charge in [-0.3, -0.25) is 14.9 Å². The summed E-state index contributed by atoms with van der Waals surface area (Å²) in [5.41, 5.74) is 0.264. The number of carbonyl (C=O) groups excluding carboxylic acids is 1. The minimum absolute atomic E-state index is 0.0450. The first-order valence-corrected chi connectivity index (χ1v) is 6.41. The molecule has 0 spiro atoms. The zero-order valence-electron chi connectivity index (χ0n) is 11.2. The van der Waals surface area contributed by atoms with E-state index in [0.29, 0.717) is 31.8 Å². The second kappa shape index (κ2) is 6.44. The van der Waals surface area contributed by atoms with Gasteiger partial charge in [-0.25, -0.2) is 0 Å². The Bertz CT molecular complexity index is 504. The van der Waals surface area contributed by atoms with Crippen LogP contribution < -0.4 is 5.32 Å². The standard InChI is InChI=1S/C13H17N3O4/c1-14-8-12-9-15(5-6-20-12)13(17)10-3-2-4-11(7-10)16(18)19/h2-4,7,12,14H,5-6,8-9H2,1H3. The molecule has 1 aromatic carbocycles. The Hall–Kier alpha value is -1.99. The minimum Gasteiger partial charge on any atom is -0.373 e. The molecule has 1 aliphatic heterocycles. The molecule has 7 nitrogen and oxygen atoms in total. The van der Waals surface area contributed by atoms with E-state index < -0.39 is 4.92 Å². The van der Waals surface area contributed by atoms with Gasteiger partial charge in [0.1, 0.15) is 0 Å². The summed E-state index contributed by atoms with van der Waals surface area (Å²) in [6, 6.07) is 5.81. The molecule has 0 aliphatic carbocycles. The number of nitro groups is 1. The first-order chi connectivity index (χ1) is 9.61. The molecule has 1 atom stereocenters. The van der Waals surface area contributed by atoms with Gasteiger partial charge in [-0.15, -0.1) is 0 Å². The number of hydrogen-bond acceptors (Lipinski definition) is 5. The quantitative estimate of drug-likeness (QED) is 0.646. The SMILES string of the molecule is CNCC1CN(C(=O)c2cccc([N+](=O)[O-])c2)CCO1. The second-order valence-corrected chi connectivity index (χ2v) is 4.61. The van der Waals surface area contributed by atoms with Crippen LogP contribution in [0, 0.1) is 10.1 Å². The first-order valence-electron chi connectivity index (χ1n) is 6.41. The molecule has 1 aromatic rings. The number of non-ortho nitro benzene ring substituents is 1. The van der Waals surface area contributed by atoms with Crippen LogP contribution in [0.5, 0.6) is 0 Å². The highest BCUT2D eigenvalue weighted by Gasteiger charge is 2.25. The molecule has 0 saturated carbocycles. The Morgan fingerprint density at radius 1 is 1.60 bits per heavy atom. The number of ether oxygens (including phenoxy) is 1. The maximum Gasteiger partial charge on any atom is 0.270 e. The van der Waals surface area contributed by atoms with Crippen molar-refractivity contribution in [2.45, 2.75) is 6.10 Å². The fourth-order valence-corrected chi connectivity index (χ4v) is 2.19. The van der Waals surface area contributed by atoms with Crippen molar-refractivity contribution in [3.8, 4) is 0 Å². The van der Waals surface area contributed by atoms with Crippen LogP contribution in [0.2, 0.25) is 0 Å². The minimum atomic E-state index is -0.500. The molecule has 20 heavy (non-hydrogen) atoms. The van der Waals surface area contributed by atoms with Crippen LogP contribution >= 0.6 is 0 Å². The topological polar surface area (TPSA) is 84.7 Å². The van der Waals surface area contributed by atoms with E-state index >= 15 is 0 Å². The fraction of sp³-hybridized carbons (Fsp3) is 0.462. The monoisotopic (exact) mass is 279 g/mol. The van der Waals surface area contributed by atoms with E-state index in [1.54, 1.807) is 11.0 Å². The van der Waals surface area contributed by atoms with Gasteiger partial charge in [0.2, 0.25) is 0 Å². The van der Waals surface area contributed by atoms with Crippen molar-refractivity contribution in [1.82, 2.24) is 10.2 Å². The summed E-state index contributed by atoms with van der Waals surface area (Å²) in [6.45, 7) is 2.13. The number of likely N-dealkylation sites (N-methyl/N-ethyl adjacent to an activating group) is 1. The molecular formula is C13H17N3O4. The van der Waals surface area contributed by atoms with E-state index in [1.165, 1.54) is 18.2 Å². The maximum atomic E-state index is 12.4. The molecule has 1 heterocycles. The fourth-order valence-electron chi connectivity index (χ4n) is 2.19. The summed E-state index contributed by atoms with van der Waals surface area (Å²) in [6.07, 6.45) is -0.0450. The highest BCUT2D eigenvalue weighted by molar-refractivity contribution is 5.94. The summed E-state index contributed by atoms with van der Waals surface area (Å²) in [5, 5.41) is 13.8. The van der Waals surface area contributed by atoms with Gasteiger partial charge in [0.15, 0.2) is 0 Å². The lowest BCUT2D eigenvalue weighted by molar-refractivity contribution is -0.384. The van der Waals surface area contributed by atoms with E-state index in [-0.39, 0.29) is 17.7 Å². The molecule has 1 saturated heterocycles. The third-order valence-corrected chi connectivity index (χ3v) is 3.16. The van der Waals surface area contributed by atoms with Crippen molar-refractivity contribution in [2.75, 3.05) is 33.3 Å². The third kappa shape index (κ3) is 3.31. The molecule has 1 aliphatic rings. The summed E-state index contributed by atoms with van der Waals surface area (Å²) in [5.74, 6) is -0.196. The van der Waals surface area contributed by atoms with Crippen molar-refractivity contribution in [3.63, 3.8) is 0 Å². The molecule has 0 radical (unpaired) electrons. The first kappa shape index (κ1) is 14.4. The normalized spacial score (nSPS) is 18.9. The molecule has 1 amide bonds. The van der Waals surface area contributed by atoms with Crippen LogP contribution in [0.4, 0.5) is 5.69 Å². The van der Waals surface area contributed by atoms with Crippen molar-refractivity contribution in [2.24, 2.45) is 0 Å². The summed E-state index contributed by atoms with van der Waals surface area (Å²) in [7, 11) is 1.82. The third-order valence-electron chi connectivity index (χ3n) is 3.16. The molecule has 7 heteroatoms. The van der Waals surface area contributed by atoms with Gasteiger partial charge < -0.3 is 15.0 Å². The molecule has 1 fully saturated rings. The van der Waals surface area contributed by atoms with Gasteiger partial charge in [0.25, 0.3) is 11.6 Å². The van der Waals surface area contributed by atoms with E-state index in [9.17, 15) is 14.9 Å². The Labute approximate surface area is 116 Å². The van der Waals surface area contributed by atoms with Gasteiger partial charge in [0, 0.05) is 37.3 Å². The zero-order valence-corrected chi connectivity index (χ0v) is 11.2. The highest BCUT2D eigenvalue weighted by atomic mass is 16.6.